The Morgan fingerprint density at radius 1 is 1.19 bits per heavy atom. The molecule has 3 aromatic heterocycles. The summed E-state index contributed by atoms with van der Waals surface area (Å²) in [4.78, 5) is 27.2. The standard InChI is InChI=1S/C17H16F2N6O2/c1-9-4-15(25-16(22-9)17(3,18)19)24-12-5-14(23-10(2)26)20-6-11(12)13-7-27-8-21-13/h4-8H,1-3H3,(H2,20,22,23,24,25,26). The molecule has 0 saturated heterocycles. The number of alkyl halides is 2. The van der Waals surface area contributed by atoms with Crippen molar-refractivity contribution in [3.8, 4) is 11.3 Å². The number of pyridine rings is 1. The first-order valence-corrected chi connectivity index (χ1v) is 7.89. The minimum atomic E-state index is -3.18. The van der Waals surface area contributed by atoms with E-state index in [0.29, 0.717) is 22.6 Å². The molecule has 0 saturated carbocycles. The van der Waals surface area contributed by atoms with Gasteiger partial charge >= 0.3 is 5.92 Å². The molecule has 2 N–H and O–H groups in total. The molecular formula is C17H16F2N6O2. The van der Waals surface area contributed by atoms with Crippen molar-refractivity contribution in [1.82, 2.24) is 19.9 Å². The zero-order chi connectivity index (χ0) is 19.6. The van der Waals surface area contributed by atoms with Crippen LogP contribution >= 0.6 is 0 Å². The van der Waals surface area contributed by atoms with Gasteiger partial charge in [-0.3, -0.25) is 4.79 Å². The van der Waals surface area contributed by atoms with Gasteiger partial charge in [0.2, 0.25) is 11.7 Å². The molecule has 0 spiro atoms. The summed E-state index contributed by atoms with van der Waals surface area (Å²) in [6.07, 6.45) is 4.15. The summed E-state index contributed by atoms with van der Waals surface area (Å²) in [5, 5.41) is 5.53. The summed E-state index contributed by atoms with van der Waals surface area (Å²) in [6, 6.07) is 3.08. The Bertz CT molecular complexity index is 970. The number of nitrogens with one attached hydrogen (secondary N) is 2. The van der Waals surface area contributed by atoms with Gasteiger partial charge in [-0.1, -0.05) is 0 Å². The van der Waals surface area contributed by atoms with Gasteiger partial charge in [0.15, 0.2) is 6.39 Å². The fourth-order valence-corrected chi connectivity index (χ4v) is 2.32. The van der Waals surface area contributed by atoms with E-state index in [1.54, 1.807) is 13.0 Å². The maximum Gasteiger partial charge on any atom is 0.303 e. The normalized spacial score (nSPS) is 11.3. The van der Waals surface area contributed by atoms with Crippen LogP contribution in [0.2, 0.25) is 0 Å². The minimum absolute atomic E-state index is 0.170. The van der Waals surface area contributed by atoms with Crippen LogP contribution in [0.1, 0.15) is 25.4 Å². The number of hydrogen-bond acceptors (Lipinski definition) is 7. The molecule has 0 aromatic carbocycles. The zero-order valence-electron chi connectivity index (χ0n) is 14.7. The first-order valence-electron chi connectivity index (χ1n) is 7.89. The lowest BCUT2D eigenvalue weighted by atomic mass is 10.1. The van der Waals surface area contributed by atoms with Crippen LogP contribution in [0, 0.1) is 6.92 Å². The number of oxazole rings is 1. The number of anilines is 3. The first kappa shape index (κ1) is 18.4. The van der Waals surface area contributed by atoms with Gasteiger partial charge in [-0.15, -0.1) is 0 Å². The van der Waals surface area contributed by atoms with E-state index >= 15 is 0 Å². The van der Waals surface area contributed by atoms with Crippen LogP contribution in [0.5, 0.6) is 0 Å². The molecule has 0 fully saturated rings. The second kappa shape index (κ2) is 7.06. The Morgan fingerprint density at radius 3 is 2.59 bits per heavy atom. The van der Waals surface area contributed by atoms with Crippen molar-refractivity contribution in [3.63, 3.8) is 0 Å². The van der Waals surface area contributed by atoms with E-state index in [-0.39, 0.29) is 17.5 Å². The van der Waals surface area contributed by atoms with Crippen LogP contribution in [0.3, 0.4) is 0 Å². The van der Waals surface area contributed by atoms with E-state index in [0.717, 1.165) is 6.92 Å². The second-order valence-electron chi connectivity index (χ2n) is 5.90. The molecule has 0 atom stereocenters. The van der Waals surface area contributed by atoms with Gasteiger partial charge in [0.25, 0.3) is 0 Å². The highest BCUT2D eigenvalue weighted by molar-refractivity contribution is 5.89. The summed E-state index contributed by atoms with van der Waals surface area (Å²) in [5.41, 5.74) is 1.85. The molecule has 27 heavy (non-hydrogen) atoms. The maximum atomic E-state index is 13.6. The smallest absolute Gasteiger partial charge is 0.303 e. The third-order valence-electron chi connectivity index (χ3n) is 3.43. The van der Waals surface area contributed by atoms with Gasteiger partial charge in [0, 0.05) is 43.4 Å². The molecule has 3 rings (SSSR count). The molecule has 0 aliphatic carbocycles. The van der Waals surface area contributed by atoms with E-state index < -0.39 is 11.7 Å². The number of halogens is 2. The SMILES string of the molecule is CC(=O)Nc1cc(Nc2cc(C)nc(C(C)(F)F)n2)c(-c2cocn2)cn1. The average molecular weight is 374 g/mol. The van der Waals surface area contributed by atoms with Crippen LogP contribution in [0.4, 0.5) is 26.1 Å². The van der Waals surface area contributed by atoms with Gasteiger partial charge in [0.05, 0.1) is 5.69 Å². The summed E-state index contributed by atoms with van der Waals surface area (Å²) in [7, 11) is 0. The maximum absolute atomic E-state index is 13.6. The van der Waals surface area contributed by atoms with Crippen LogP contribution in [0.25, 0.3) is 11.3 Å². The van der Waals surface area contributed by atoms with Gasteiger partial charge in [-0.25, -0.2) is 19.9 Å². The predicted molar refractivity (Wildman–Crippen MR) is 93.7 cm³/mol. The third-order valence-corrected chi connectivity index (χ3v) is 3.43. The Morgan fingerprint density at radius 2 is 1.96 bits per heavy atom. The van der Waals surface area contributed by atoms with Crippen molar-refractivity contribution < 1.29 is 18.0 Å². The topological polar surface area (TPSA) is 106 Å². The van der Waals surface area contributed by atoms with Crippen molar-refractivity contribution >= 4 is 23.2 Å². The highest BCUT2D eigenvalue weighted by Crippen LogP contribution is 2.31. The lowest BCUT2D eigenvalue weighted by molar-refractivity contribution is -0.114. The van der Waals surface area contributed by atoms with Crippen LogP contribution in [0.15, 0.2) is 35.4 Å². The van der Waals surface area contributed by atoms with Crippen molar-refractivity contribution in [2.24, 2.45) is 0 Å². The van der Waals surface area contributed by atoms with E-state index in [4.69, 9.17) is 4.42 Å². The number of carbonyl (C=O) groups is 1. The second-order valence-corrected chi connectivity index (χ2v) is 5.90. The summed E-state index contributed by atoms with van der Waals surface area (Å²) >= 11 is 0. The molecule has 8 nitrogen and oxygen atoms in total. The largest absolute Gasteiger partial charge is 0.451 e. The minimum Gasteiger partial charge on any atom is -0.451 e. The summed E-state index contributed by atoms with van der Waals surface area (Å²) in [6.45, 7) is 3.67. The fraction of sp³-hybridized carbons (Fsp3) is 0.235. The van der Waals surface area contributed by atoms with Gasteiger partial charge in [-0.05, 0) is 6.92 Å². The zero-order valence-corrected chi connectivity index (χ0v) is 14.7. The molecule has 3 heterocycles. The number of nitrogens with zero attached hydrogens (tertiary/aromatic N) is 4. The number of rotatable bonds is 5. The lowest BCUT2D eigenvalue weighted by Crippen LogP contribution is -2.14. The highest BCUT2D eigenvalue weighted by Gasteiger charge is 2.29. The van der Waals surface area contributed by atoms with Gasteiger partial charge in [-0.2, -0.15) is 8.78 Å². The third kappa shape index (κ3) is 4.40. The molecule has 1 amide bonds. The Hall–Kier alpha value is -3.43. The molecule has 0 aliphatic rings. The van der Waals surface area contributed by atoms with Crippen molar-refractivity contribution in [3.05, 3.63) is 42.5 Å². The molecule has 0 unspecified atom stereocenters. The highest BCUT2D eigenvalue weighted by atomic mass is 19.3. The van der Waals surface area contributed by atoms with Gasteiger partial charge in [0.1, 0.15) is 23.6 Å². The number of amides is 1. The molecule has 3 aromatic rings. The number of aromatic nitrogens is 4. The predicted octanol–water partition coefficient (Wildman–Crippen LogP) is 3.65. The lowest BCUT2D eigenvalue weighted by Gasteiger charge is -2.14. The summed E-state index contributed by atoms with van der Waals surface area (Å²) in [5.74, 6) is -3.62. The van der Waals surface area contributed by atoms with E-state index in [1.165, 1.54) is 31.8 Å². The molecule has 140 valence electrons. The fourth-order valence-electron chi connectivity index (χ4n) is 2.32. The Kier molecular flexibility index (Phi) is 4.80. The van der Waals surface area contributed by atoms with Crippen molar-refractivity contribution in [2.75, 3.05) is 10.6 Å². The Labute approximate surface area is 153 Å². The van der Waals surface area contributed by atoms with Crippen molar-refractivity contribution in [1.29, 1.82) is 0 Å². The van der Waals surface area contributed by atoms with Gasteiger partial charge < -0.3 is 15.1 Å². The molecule has 0 aliphatic heterocycles. The Balaban J connectivity index is 2.04. The van der Waals surface area contributed by atoms with E-state index in [9.17, 15) is 13.6 Å². The number of aryl methyl sites for hydroxylation is 1. The number of carbonyl (C=O) groups excluding carboxylic acids is 1. The summed E-state index contributed by atoms with van der Waals surface area (Å²) < 4.78 is 32.3. The first-order chi connectivity index (χ1) is 12.7. The van der Waals surface area contributed by atoms with E-state index in [1.807, 2.05) is 0 Å². The molecule has 0 bridgehead atoms. The molecular weight excluding hydrogens is 358 g/mol. The molecule has 0 radical (unpaired) electrons. The van der Waals surface area contributed by atoms with Crippen LogP contribution in [-0.4, -0.2) is 25.8 Å². The van der Waals surface area contributed by atoms with Crippen LogP contribution in [-0.2, 0) is 10.7 Å². The molecule has 10 heteroatoms. The quantitative estimate of drug-likeness (QED) is 0.702. The van der Waals surface area contributed by atoms with E-state index in [2.05, 4.69) is 30.6 Å². The van der Waals surface area contributed by atoms with Crippen LogP contribution < -0.4 is 10.6 Å². The van der Waals surface area contributed by atoms with Crippen molar-refractivity contribution in [2.45, 2.75) is 26.7 Å². The average Bonchev–Trinajstić information content (AvgIpc) is 3.07. The monoisotopic (exact) mass is 374 g/mol. The number of hydrogen-bond donors (Lipinski definition) is 2.